The molecule has 0 bridgehead atoms. The van der Waals surface area contributed by atoms with Crippen LogP contribution in [0.3, 0.4) is 0 Å². The number of anilines is 1. The Hall–Kier alpha value is -2.62. The Bertz CT molecular complexity index is 976. The van der Waals surface area contributed by atoms with Crippen molar-refractivity contribution in [2.45, 2.75) is 23.8 Å². The third-order valence-corrected chi connectivity index (χ3v) is 5.20. The van der Waals surface area contributed by atoms with Gasteiger partial charge in [0.25, 0.3) is 5.91 Å². The van der Waals surface area contributed by atoms with Gasteiger partial charge in [-0.3, -0.25) is 9.59 Å². The lowest BCUT2D eigenvalue weighted by molar-refractivity contribution is -0.121. The highest BCUT2D eigenvalue weighted by atomic mass is 32.2. The van der Waals surface area contributed by atoms with Crippen LogP contribution in [0.4, 0.5) is 10.1 Å². The summed E-state index contributed by atoms with van der Waals surface area (Å²) >= 11 is 0. The van der Waals surface area contributed by atoms with Crippen molar-refractivity contribution < 1.29 is 22.4 Å². The Morgan fingerprint density at radius 1 is 1.15 bits per heavy atom. The van der Waals surface area contributed by atoms with Gasteiger partial charge in [0.05, 0.1) is 23.0 Å². The van der Waals surface area contributed by atoms with Crippen LogP contribution in [0.1, 0.15) is 12.0 Å². The quantitative estimate of drug-likeness (QED) is 0.712. The molecule has 0 unspecified atom stereocenters. The third-order valence-electron chi connectivity index (χ3n) is 4.27. The maximum Gasteiger partial charge on any atom is 0.251 e. The number of halogens is 1. The van der Waals surface area contributed by atoms with E-state index in [2.05, 4.69) is 5.32 Å². The average Bonchev–Trinajstić information content (AvgIpc) is 2.88. The number of carbonyl (C=O) groups excluding carboxylic acids is 2. The molecule has 142 valence electrons. The summed E-state index contributed by atoms with van der Waals surface area (Å²) in [4.78, 5) is 25.6. The Morgan fingerprint density at radius 2 is 1.85 bits per heavy atom. The van der Waals surface area contributed by atoms with Crippen LogP contribution in [0.15, 0.2) is 53.4 Å². The number of sulfonamides is 1. The largest absolute Gasteiger partial charge is 0.305 e. The Kier molecular flexibility index (Phi) is 5.36. The summed E-state index contributed by atoms with van der Waals surface area (Å²) in [5.74, 6) is -1.33. The molecule has 1 heterocycles. The minimum Gasteiger partial charge on any atom is -0.305 e. The van der Waals surface area contributed by atoms with Gasteiger partial charge >= 0.3 is 0 Å². The second-order valence-electron chi connectivity index (χ2n) is 6.20. The highest BCUT2D eigenvalue weighted by Gasteiger charge is 2.39. The van der Waals surface area contributed by atoms with E-state index < -0.39 is 27.8 Å². The second-order valence-corrected chi connectivity index (χ2v) is 7.76. The van der Waals surface area contributed by atoms with Crippen LogP contribution >= 0.6 is 0 Å². The number of nitrogens with one attached hydrogen (secondary N) is 1. The molecule has 0 aromatic heterocycles. The van der Waals surface area contributed by atoms with E-state index in [4.69, 9.17) is 5.14 Å². The zero-order valence-electron chi connectivity index (χ0n) is 14.3. The summed E-state index contributed by atoms with van der Waals surface area (Å²) in [7, 11) is -3.73. The number of hydrogen-bond acceptors (Lipinski definition) is 5. The number of nitrogens with two attached hydrogens (primary N) is 1. The van der Waals surface area contributed by atoms with Gasteiger partial charge < -0.3 is 5.32 Å². The molecule has 2 aromatic carbocycles. The van der Waals surface area contributed by atoms with E-state index in [9.17, 15) is 22.4 Å². The van der Waals surface area contributed by atoms with Crippen LogP contribution in [0.25, 0.3) is 0 Å². The van der Waals surface area contributed by atoms with Gasteiger partial charge in [-0.05, 0) is 48.9 Å². The first kappa shape index (κ1) is 19.2. The first-order valence-corrected chi connectivity index (χ1v) is 9.78. The van der Waals surface area contributed by atoms with Crippen LogP contribution in [0, 0.1) is 5.82 Å². The molecule has 3 N–H and O–H groups in total. The maximum atomic E-state index is 13.4. The highest BCUT2D eigenvalue weighted by Crippen LogP contribution is 2.23. The van der Waals surface area contributed by atoms with Crippen molar-refractivity contribution >= 4 is 27.5 Å². The van der Waals surface area contributed by atoms with Crippen LogP contribution in [-0.4, -0.2) is 32.8 Å². The number of primary sulfonamides is 1. The molecule has 1 aliphatic heterocycles. The predicted octanol–water partition coefficient (Wildman–Crippen LogP) is 0.937. The number of benzene rings is 2. The lowest BCUT2D eigenvalue weighted by Gasteiger charge is -2.15. The summed E-state index contributed by atoms with van der Waals surface area (Å²) in [6, 6.07) is 10.8. The number of rotatable bonds is 6. The van der Waals surface area contributed by atoms with Crippen LogP contribution < -0.4 is 15.4 Å². The third kappa shape index (κ3) is 4.38. The van der Waals surface area contributed by atoms with E-state index in [0.717, 1.165) is 16.5 Å². The van der Waals surface area contributed by atoms with Crippen LogP contribution in [-0.2, 0) is 26.0 Å². The first-order valence-electron chi connectivity index (χ1n) is 8.23. The standard InChI is InChI=1S/C18H18FN3O4S/c19-13-2-1-3-14(10-13)22-17(23)11-16(18(22)24)21-9-8-12-4-6-15(7-5-12)27(20,25)26/h1-7,10,16,21H,8-9,11H2,(H2,20,25,26)/t16-/m0/s1. The predicted molar refractivity (Wildman–Crippen MR) is 96.8 cm³/mol. The number of carbonyl (C=O) groups is 2. The Labute approximate surface area is 156 Å². The van der Waals surface area contributed by atoms with Crippen molar-refractivity contribution in [3.05, 3.63) is 59.9 Å². The van der Waals surface area contributed by atoms with Crippen molar-refractivity contribution in [3.63, 3.8) is 0 Å². The van der Waals surface area contributed by atoms with Crippen molar-refractivity contribution in [2.24, 2.45) is 5.14 Å². The van der Waals surface area contributed by atoms with Gasteiger partial charge in [-0.15, -0.1) is 0 Å². The van der Waals surface area contributed by atoms with Gasteiger partial charge in [0.15, 0.2) is 0 Å². The molecular weight excluding hydrogens is 373 g/mol. The van der Waals surface area contributed by atoms with Gasteiger partial charge in [-0.1, -0.05) is 18.2 Å². The zero-order chi connectivity index (χ0) is 19.6. The molecule has 3 rings (SSSR count). The molecule has 2 aromatic rings. The monoisotopic (exact) mass is 391 g/mol. The fraction of sp³-hybridized carbons (Fsp3) is 0.222. The fourth-order valence-electron chi connectivity index (χ4n) is 2.91. The fourth-order valence-corrected chi connectivity index (χ4v) is 3.43. The van der Waals surface area contributed by atoms with Crippen molar-refractivity contribution in [2.75, 3.05) is 11.4 Å². The molecule has 0 spiro atoms. The molecule has 1 atom stereocenters. The van der Waals surface area contributed by atoms with Gasteiger partial charge in [0.1, 0.15) is 5.82 Å². The van der Waals surface area contributed by atoms with Gasteiger partial charge in [-0.25, -0.2) is 22.8 Å². The van der Waals surface area contributed by atoms with E-state index >= 15 is 0 Å². The molecule has 0 aliphatic carbocycles. The molecule has 7 nitrogen and oxygen atoms in total. The summed E-state index contributed by atoms with van der Waals surface area (Å²) in [5.41, 5.74) is 1.07. The molecule has 0 saturated carbocycles. The summed E-state index contributed by atoms with van der Waals surface area (Å²) in [6.07, 6.45) is 0.530. The molecule has 9 heteroatoms. The SMILES string of the molecule is NS(=O)(=O)c1ccc(CCN[C@H]2CC(=O)N(c3cccc(F)c3)C2=O)cc1. The average molecular weight is 391 g/mol. The van der Waals surface area contributed by atoms with E-state index in [1.54, 1.807) is 12.1 Å². The molecule has 0 radical (unpaired) electrons. The smallest absolute Gasteiger partial charge is 0.251 e. The highest BCUT2D eigenvalue weighted by molar-refractivity contribution is 7.89. The van der Waals surface area contributed by atoms with Crippen molar-refractivity contribution in [1.29, 1.82) is 0 Å². The summed E-state index contributed by atoms with van der Waals surface area (Å²) in [5, 5.41) is 8.07. The Morgan fingerprint density at radius 3 is 2.48 bits per heavy atom. The van der Waals surface area contributed by atoms with E-state index in [1.165, 1.54) is 30.3 Å². The van der Waals surface area contributed by atoms with Gasteiger partial charge in [-0.2, -0.15) is 0 Å². The number of hydrogen-bond donors (Lipinski definition) is 2. The number of nitrogens with zero attached hydrogens (tertiary/aromatic N) is 1. The molecule has 2 amide bonds. The van der Waals surface area contributed by atoms with Crippen LogP contribution in [0.2, 0.25) is 0 Å². The van der Waals surface area contributed by atoms with Gasteiger partial charge in [0, 0.05) is 0 Å². The first-order chi connectivity index (χ1) is 12.8. The van der Waals surface area contributed by atoms with Crippen LogP contribution in [0.5, 0.6) is 0 Å². The minimum atomic E-state index is -3.73. The maximum absolute atomic E-state index is 13.4. The topological polar surface area (TPSA) is 110 Å². The second kappa shape index (κ2) is 7.55. The molecule has 1 aliphatic rings. The summed E-state index contributed by atoms with van der Waals surface area (Å²) < 4.78 is 35.8. The lowest BCUT2D eigenvalue weighted by Crippen LogP contribution is -2.39. The van der Waals surface area contributed by atoms with E-state index in [-0.39, 0.29) is 22.9 Å². The molecular formula is C18H18FN3O4S. The van der Waals surface area contributed by atoms with E-state index in [0.29, 0.717) is 13.0 Å². The number of imide groups is 1. The number of amides is 2. The zero-order valence-corrected chi connectivity index (χ0v) is 15.1. The molecule has 1 fully saturated rings. The molecule has 1 saturated heterocycles. The van der Waals surface area contributed by atoms with Gasteiger partial charge in [0.2, 0.25) is 15.9 Å². The summed E-state index contributed by atoms with van der Waals surface area (Å²) in [6.45, 7) is 0.412. The lowest BCUT2D eigenvalue weighted by atomic mass is 10.1. The Balaban J connectivity index is 1.59. The van der Waals surface area contributed by atoms with E-state index in [1.807, 2.05) is 0 Å². The minimum absolute atomic E-state index is 0.000296. The normalized spacial score (nSPS) is 17.6. The van der Waals surface area contributed by atoms with Crippen molar-refractivity contribution in [1.82, 2.24) is 5.32 Å². The molecule has 27 heavy (non-hydrogen) atoms. The van der Waals surface area contributed by atoms with Crippen molar-refractivity contribution in [3.8, 4) is 0 Å².